The van der Waals surface area contributed by atoms with Crippen molar-refractivity contribution in [3.63, 3.8) is 0 Å². The van der Waals surface area contributed by atoms with Crippen molar-refractivity contribution < 1.29 is 9.32 Å². The molecule has 0 aliphatic carbocycles. The Morgan fingerprint density at radius 3 is 2.52 bits per heavy atom. The quantitative estimate of drug-likeness (QED) is 0.874. The summed E-state index contributed by atoms with van der Waals surface area (Å²) >= 11 is 0. The van der Waals surface area contributed by atoms with Crippen LogP contribution < -0.4 is 0 Å². The molecular formula is C18H23N3O2. The van der Waals surface area contributed by atoms with Gasteiger partial charge in [-0.15, -0.1) is 0 Å². The molecule has 0 saturated carbocycles. The number of nitrogens with zero attached hydrogens (tertiary/aromatic N) is 3. The SMILES string of the molecule is Cc1ccc(C)c(C(=O)N2CCN(Cc3cc(C)no3)CC2)c1. The van der Waals surface area contributed by atoms with Gasteiger partial charge in [-0.1, -0.05) is 22.9 Å². The van der Waals surface area contributed by atoms with E-state index in [1.807, 2.05) is 49.9 Å². The summed E-state index contributed by atoms with van der Waals surface area (Å²) in [6.45, 7) is 9.91. The van der Waals surface area contributed by atoms with Gasteiger partial charge in [0.05, 0.1) is 12.2 Å². The third-order valence-corrected chi connectivity index (χ3v) is 4.34. The summed E-state index contributed by atoms with van der Waals surface area (Å²) < 4.78 is 5.27. The predicted molar refractivity (Wildman–Crippen MR) is 88.3 cm³/mol. The van der Waals surface area contributed by atoms with Crippen molar-refractivity contribution in [2.24, 2.45) is 0 Å². The van der Waals surface area contributed by atoms with E-state index in [0.717, 1.165) is 60.9 Å². The summed E-state index contributed by atoms with van der Waals surface area (Å²) in [5.41, 5.74) is 3.89. The number of carbonyl (C=O) groups excluding carboxylic acids is 1. The Balaban J connectivity index is 1.60. The van der Waals surface area contributed by atoms with E-state index in [9.17, 15) is 4.79 Å². The van der Waals surface area contributed by atoms with Crippen molar-refractivity contribution in [2.45, 2.75) is 27.3 Å². The number of benzene rings is 1. The van der Waals surface area contributed by atoms with E-state index >= 15 is 0 Å². The van der Waals surface area contributed by atoms with Gasteiger partial charge < -0.3 is 9.42 Å². The number of carbonyl (C=O) groups is 1. The number of aromatic nitrogens is 1. The van der Waals surface area contributed by atoms with Crippen molar-refractivity contribution in [3.8, 4) is 0 Å². The van der Waals surface area contributed by atoms with Crippen LogP contribution in [0, 0.1) is 20.8 Å². The molecule has 0 spiro atoms. The molecule has 1 amide bonds. The van der Waals surface area contributed by atoms with E-state index in [4.69, 9.17) is 4.52 Å². The largest absolute Gasteiger partial charge is 0.360 e. The first-order valence-electron chi connectivity index (χ1n) is 8.04. The summed E-state index contributed by atoms with van der Waals surface area (Å²) in [5, 5.41) is 3.92. The molecule has 5 nitrogen and oxygen atoms in total. The van der Waals surface area contributed by atoms with E-state index < -0.39 is 0 Å². The Kier molecular flexibility index (Phi) is 4.48. The molecular weight excluding hydrogens is 290 g/mol. The third kappa shape index (κ3) is 3.62. The molecule has 3 rings (SSSR count). The Morgan fingerprint density at radius 1 is 1.13 bits per heavy atom. The molecule has 2 aromatic rings. The van der Waals surface area contributed by atoms with Crippen LogP contribution in [0.1, 0.15) is 32.9 Å². The molecule has 0 radical (unpaired) electrons. The molecule has 1 aromatic heterocycles. The van der Waals surface area contributed by atoms with Gasteiger partial charge in [0.25, 0.3) is 5.91 Å². The second kappa shape index (κ2) is 6.54. The average Bonchev–Trinajstić information content (AvgIpc) is 2.95. The fraction of sp³-hybridized carbons (Fsp3) is 0.444. The Hall–Kier alpha value is -2.14. The van der Waals surface area contributed by atoms with Crippen LogP contribution in [0.15, 0.2) is 28.8 Å². The standard InChI is InChI=1S/C18H23N3O2/c1-13-4-5-14(2)17(10-13)18(22)21-8-6-20(7-9-21)12-16-11-15(3)19-23-16/h4-5,10-11H,6-9,12H2,1-3H3. The molecule has 1 saturated heterocycles. The van der Waals surface area contributed by atoms with Gasteiger partial charge in [0.15, 0.2) is 5.76 Å². The minimum absolute atomic E-state index is 0.140. The predicted octanol–water partition coefficient (Wildman–Crippen LogP) is 2.56. The minimum Gasteiger partial charge on any atom is -0.360 e. The topological polar surface area (TPSA) is 49.6 Å². The number of hydrogen-bond acceptors (Lipinski definition) is 4. The Bertz CT molecular complexity index is 700. The van der Waals surface area contributed by atoms with Gasteiger partial charge in [-0.3, -0.25) is 9.69 Å². The molecule has 1 fully saturated rings. The van der Waals surface area contributed by atoms with Crippen LogP contribution in [0.25, 0.3) is 0 Å². The lowest BCUT2D eigenvalue weighted by Crippen LogP contribution is -2.48. The van der Waals surface area contributed by atoms with Crippen LogP contribution in [0.3, 0.4) is 0 Å². The van der Waals surface area contributed by atoms with Gasteiger partial charge in [-0.05, 0) is 32.4 Å². The fourth-order valence-corrected chi connectivity index (χ4v) is 2.96. The average molecular weight is 313 g/mol. The molecule has 1 aromatic carbocycles. The first kappa shape index (κ1) is 15.7. The molecule has 0 unspecified atom stereocenters. The molecule has 0 atom stereocenters. The van der Waals surface area contributed by atoms with Crippen LogP contribution in [0.2, 0.25) is 0 Å². The molecule has 0 N–H and O–H groups in total. The molecule has 1 aliphatic heterocycles. The van der Waals surface area contributed by atoms with Crippen molar-refractivity contribution >= 4 is 5.91 Å². The molecule has 1 aliphatic rings. The lowest BCUT2D eigenvalue weighted by molar-refractivity contribution is 0.0616. The second-order valence-electron chi connectivity index (χ2n) is 6.32. The zero-order valence-electron chi connectivity index (χ0n) is 14.0. The van der Waals surface area contributed by atoms with Crippen molar-refractivity contribution in [1.82, 2.24) is 15.0 Å². The number of aryl methyl sites for hydroxylation is 3. The Morgan fingerprint density at radius 2 is 1.87 bits per heavy atom. The smallest absolute Gasteiger partial charge is 0.254 e. The number of hydrogen-bond donors (Lipinski definition) is 0. The van der Waals surface area contributed by atoms with Crippen LogP contribution >= 0.6 is 0 Å². The molecule has 0 bridgehead atoms. The summed E-state index contributed by atoms with van der Waals surface area (Å²) in [7, 11) is 0. The highest BCUT2D eigenvalue weighted by Crippen LogP contribution is 2.16. The summed E-state index contributed by atoms with van der Waals surface area (Å²) in [4.78, 5) is 17.0. The first-order valence-corrected chi connectivity index (χ1v) is 8.04. The number of amides is 1. The monoisotopic (exact) mass is 313 g/mol. The van der Waals surface area contributed by atoms with Gasteiger partial charge in [-0.2, -0.15) is 0 Å². The van der Waals surface area contributed by atoms with Crippen LogP contribution in [-0.4, -0.2) is 47.0 Å². The van der Waals surface area contributed by atoms with Gasteiger partial charge >= 0.3 is 0 Å². The van der Waals surface area contributed by atoms with E-state index in [2.05, 4.69) is 10.1 Å². The maximum Gasteiger partial charge on any atom is 0.254 e. The zero-order chi connectivity index (χ0) is 16.4. The lowest BCUT2D eigenvalue weighted by atomic mass is 10.0. The van der Waals surface area contributed by atoms with Gasteiger partial charge in [-0.25, -0.2) is 0 Å². The maximum absolute atomic E-state index is 12.7. The highest BCUT2D eigenvalue weighted by Gasteiger charge is 2.23. The number of rotatable bonds is 3. The van der Waals surface area contributed by atoms with Gasteiger partial charge in [0.2, 0.25) is 0 Å². The normalized spacial score (nSPS) is 15.9. The number of piperazine rings is 1. The van der Waals surface area contributed by atoms with Crippen molar-refractivity contribution in [2.75, 3.05) is 26.2 Å². The van der Waals surface area contributed by atoms with Crippen molar-refractivity contribution in [1.29, 1.82) is 0 Å². The van der Waals surface area contributed by atoms with Crippen LogP contribution in [0.4, 0.5) is 0 Å². The first-order chi connectivity index (χ1) is 11.0. The molecule has 23 heavy (non-hydrogen) atoms. The highest BCUT2D eigenvalue weighted by molar-refractivity contribution is 5.95. The van der Waals surface area contributed by atoms with Gasteiger partial charge in [0.1, 0.15) is 0 Å². The maximum atomic E-state index is 12.7. The Labute approximate surface area is 136 Å². The lowest BCUT2D eigenvalue weighted by Gasteiger charge is -2.34. The second-order valence-corrected chi connectivity index (χ2v) is 6.32. The highest BCUT2D eigenvalue weighted by atomic mass is 16.5. The molecule has 122 valence electrons. The van der Waals surface area contributed by atoms with E-state index in [1.54, 1.807) is 0 Å². The van der Waals surface area contributed by atoms with E-state index in [-0.39, 0.29) is 5.91 Å². The van der Waals surface area contributed by atoms with Gasteiger partial charge in [0, 0.05) is 37.8 Å². The molecule has 2 heterocycles. The zero-order valence-corrected chi connectivity index (χ0v) is 14.0. The summed E-state index contributed by atoms with van der Waals surface area (Å²) in [5.74, 6) is 1.03. The molecule has 5 heteroatoms. The van der Waals surface area contributed by atoms with E-state index in [0.29, 0.717) is 0 Å². The third-order valence-electron chi connectivity index (χ3n) is 4.34. The fourth-order valence-electron chi connectivity index (χ4n) is 2.96. The van der Waals surface area contributed by atoms with Crippen LogP contribution in [-0.2, 0) is 6.54 Å². The van der Waals surface area contributed by atoms with E-state index in [1.165, 1.54) is 0 Å². The summed E-state index contributed by atoms with van der Waals surface area (Å²) in [6, 6.07) is 8.02. The van der Waals surface area contributed by atoms with Crippen LogP contribution in [0.5, 0.6) is 0 Å². The van der Waals surface area contributed by atoms with Crippen molar-refractivity contribution in [3.05, 3.63) is 52.4 Å². The summed E-state index contributed by atoms with van der Waals surface area (Å²) in [6.07, 6.45) is 0. The minimum atomic E-state index is 0.140.